The van der Waals surface area contributed by atoms with Crippen LogP contribution >= 0.6 is 0 Å². The van der Waals surface area contributed by atoms with Gasteiger partial charge in [-0.25, -0.2) is 4.79 Å². The number of aliphatic hydroxyl groups is 1. The first-order valence-corrected chi connectivity index (χ1v) is 6.29. The molecule has 0 heterocycles. The lowest BCUT2D eigenvalue weighted by molar-refractivity contribution is -0.205. The highest BCUT2D eigenvalue weighted by molar-refractivity contribution is 5.87. The van der Waals surface area contributed by atoms with E-state index in [1.165, 1.54) is 6.92 Å². The van der Waals surface area contributed by atoms with E-state index < -0.39 is 24.3 Å². The summed E-state index contributed by atoms with van der Waals surface area (Å²) < 4.78 is 14.9. The van der Waals surface area contributed by atoms with Crippen LogP contribution in [-0.4, -0.2) is 36.0 Å². The number of carbonyl (C=O) groups excluding carboxylic acids is 2. The molecule has 1 aromatic rings. The van der Waals surface area contributed by atoms with Crippen molar-refractivity contribution in [3.8, 4) is 5.75 Å². The number of hydrogen-bond acceptors (Lipinski definition) is 6. The van der Waals surface area contributed by atoms with Gasteiger partial charge in [0.2, 0.25) is 0 Å². The van der Waals surface area contributed by atoms with Crippen LogP contribution in [0.3, 0.4) is 0 Å². The molecule has 0 aliphatic rings. The summed E-state index contributed by atoms with van der Waals surface area (Å²) in [5.74, 6) is -0.919. The highest BCUT2D eigenvalue weighted by Gasteiger charge is 2.27. The van der Waals surface area contributed by atoms with Crippen LogP contribution in [0.5, 0.6) is 5.75 Å². The molecule has 0 saturated carbocycles. The minimum Gasteiger partial charge on any atom is -0.491 e. The van der Waals surface area contributed by atoms with Crippen LogP contribution in [0.4, 0.5) is 0 Å². The second-order valence-corrected chi connectivity index (χ2v) is 4.35. The van der Waals surface area contributed by atoms with Crippen LogP contribution in [0.25, 0.3) is 0 Å². The molecule has 0 bridgehead atoms. The third-order valence-corrected chi connectivity index (χ3v) is 2.33. The van der Waals surface area contributed by atoms with E-state index in [2.05, 4.69) is 6.58 Å². The van der Waals surface area contributed by atoms with Crippen molar-refractivity contribution in [2.24, 2.45) is 0 Å². The maximum absolute atomic E-state index is 11.4. The van der Waals surface area contributed by atoms with Crippen LogP contribution in [0.15, 0.2) is 42.5 Å². The summed E-state index contributed by atoms with van der Waals surface area (Å²) in [7, 11) is 0. The molecule has 114 valence electrons. The summed E-state index contributed by atoms with van der Waals surface area (Å²) in [6.07, 6.45) is -2.77. The number of hydrogen-bond donors (Lipinski definition) is 1. The van der Waals surface area contributed by atoms with E-state index in [4.69, 9.17) is 14.2 Å². The maximum Gasteiger partial charge on any atom is 0.336 e. The zero-order valence-electron chi connectivity index (χ0n) is 11.9. The van der Waals surface area contributed by atoms with Gasteiger partial charge in [-0.15, -0.1) is 0 Å². The molecular weight excluding hydrogens is 276 g/mol. The van der Waals surface area contributed by atoms with E-state index in [9.17, 15) is 14.7 Å². The second kappa shape index (κ2) is 8.06. The molecule has 0 aliphatic heterocycles. The fourth-order valence-corrected chi connectivity index (χ4v) is 1.33. The Hall–Kier alpha value is -2.34. The molecule has 0 saturated heterocycles. The maximum atomic E-state index is 11.4. The molecule has 0 fully saturated rings. The Bertz CT molecular complexity index is 496. The van der Waals surface area contributed by atoms with Crippen molar-refractivity contribution in [2.75, 3.05) is 6.61 Å². The normalized spacial score (nSPS) is 12.9. The molecule has 1 N–H and O–H groups in total. The molecule has 0 spiro atoms. The lowest BCUT2D eigenvalue weighted by Gasteiger charge is -2.22. The lowest BCUT2D eigenvalue weighted by Crippen LogP contribution is -2.39. The van der Waals surface area contributed by atoms with Crippen molar-refractivity contribution in [3.63, 3.8) is 0 Å². The van der Waals surface area contributed by atoms with Gasteiger partial charge in [0, 0.05) is 12.5 Å². The van der Waals surface area contributed by atoms with Gasteiger partial charge in [-0.2, -0.15) is 0 Å². The van der Waals surface area contributed by atoms with Crippen molar-refractivity contribution in [1.82, 2.24) is 0 Å². The van der Waals surface area contributed by atoms with Crippen LogP contribution in [0, 0.1) is 0 Å². The number of rotatable bonds is 7. The first-order chi connectivity index (χ1) is 9.90. The fraction of sp³-hybridized carbons (Fsp3) is 0.333. The van der Waals surface area contributed by atoms with Gasteiger partial charge in [-0.1, -0.05) is 24.8 Å². The predicted molar refractivity (Wildman–Crippen MR) is 74.4 cm³/mol. The van der Waals surface area contributed by atoms with E-state index in [1.807, 2.05) is 6.07 Å². The summed E-state index contributed by atoms with van der Waals surface area (Å²) in [6.45, 7) is 5.80. The van der Waals surface area contributed by atoms with Gasteiger partial charge in [0.25, 0.3) is 6.29 Å². The molecule has 0 radical (unpaired) electrons. The van der Waals surface area contributed by atoms with Crippen LogP contribution in [0.1, 0.15) is 13.8 Å². The number of esters is 2. The number of carbonyl (C=O) groups is 2. The summed E-state index contributed by atoms with van der Waals surface area (Å²) in [5.41, 5.74) is 0.128. The second-order valence-electron chi connectivity index (χ2n) is 4.35. The molecule has 0 aliphatic carbocycles. The van der Waals surface area contributed by atoms with Gasteiger partial charge in [0.05, 0.1) is 0 Å². The molecule has 2 unspecified atom stereocenters. The Morgan fingerprint density at radius 1 is 1.19 bits per heavy atom. The van der Waals surface area contributed by atoms with Gasteiger partial charge < -0.3 is 19.3 Å². The molecule has 1 aromatic carbocycles. The minimum atomic E-state index is -1.45. The van der Waals surface area contributed by atoms with E-state index in [0.717, 1.165) is 6.92 Å². The zero-order chi connectivity index (χ0) is 15.8. The van der Waals surface area contributed by atoms with E-state index in [1.54, 1.807) is 24.3 Å². The highest BCUT2D eigenvalue weighted by Crippen LogP contribution is 2.11. The third-order valence-electron chi connectivity index (χ3n) is 2.33. The Balaban J connectivity index is 2.62. The average molecular weight is 294 g/mol. The molecule has 0 amide bonds. The van der Waals surface area contributed by atoms with Gasteiger partial charge in [-0.05, 0) is 19.1 Å². The van der Waals surface area contributed by atoms with E-state index in [-0.39, 0.29) is 12.2 Å². The molecule has 2 atom stereocenters. The first kappa shape index (κ1) is 16.7. The van der Waals surface area contributed by atoms with Crippen molar-refractivity contribution in [2.45, 2.75) is 26.2 Å². The summed E-state index contributed by atoms with van der Waals surface area (Å²) in [6, 6.07) is 8.76. The van der Waals surface area contributed by atoms with Crippen molar-refractivity contribution in [3.05, 3.63) is 42.5 Å². The first-order valence-electron chi connectivity index (χ1n) is 6.29. The van der Waals surface area contributed by atoms with Crippen molar-refractivity contribution < 1.29 is 28.9 Å². The van der Waals surface area contributed by atoms with Crippen LogP contribution in [-0.2, 0) is 19.1 Å². The number of ether oxygens (including phenoxy) is 3. The van der Waals surface area contributed by atoms with Gasteiger partial charge in [0.15, 0.2) is 6.10 Å². The van der Waals surface area contributed by atoms with Crippen LogP contribution in [0.2, 0.25) is 0 Å². The van der Waals surface area contributed by atoms with Gasteiger partial charge in [0.1, 0.15) is 12.4 Å². The monoisotopic (exact) mass is 294 g/mol. The Kier molecular flexibility index (Phi) is 6.42. The molecule has 21 heavy (non-hydrogen) atoms. The van der Waals surface area contributed by atoms with E-state index >= 15 is 0 Å². The third kappa shape index (κ3) is 6.09. The standard InChI is InChI=1S/C15H18O6/c1-10(2)14(18)21-15(20-11(3)16)13(17)9-19-12-7-5-4-6-8-12/h4-8,13,15,17H,1,9H2,2-3H3. The number of para-hydroxylation sites is 1. The highest BCUT2D eigenvalue weighted by atomic mass is 16.7. The van der Waals surface area contributed by atoms with Gasteiger partial charge >= 0.3 is 11.9 Å². The van der Waals surface area contributed by atoms with Gasteiger partial charge in [-0.3, -0.25) is 4.79 Å². The number of benzene rings is 1. The smallest absolute Gasteiger partial charge is 0.336 e. The molecule has 6 heteroatoms. The summed E-state index contributed by atoms with van der Waals surface area (Å²) in [4.78, 5) is 22.4. The van der Waals surface area contributed by atoms with Crippen molar-refractivity contribution in [1.29, 1.82) is 0 Å². The fourth-order valence-electron chi connectivity index (χ4n) is 1.33. The Labute approximate surface area is 122 Å². The molecule has 1 rings (SSSR count). The summed E-state index contributed by atoms with van der Waals surface area (Å²) >= 11 is 0. The lowest BCUT2D eigenvalue weighted by atomic mass is 10.3. The quantitative estimate of drug-likeness (QED) is 0.465. The molecule has 0 aromatic heterocycles. The SMILES string of the molecule is C=C(C)C(=O)OC(OC(C)=O)C(O)COc1ccccc1. The number of aliphatic hydroxyl groups excluding tert-OH is 1. The molecular formula is C15H18O6. The molecule has 6 nitrogen and oxygen atoms in total. The minimum absolute atomic E-state index is 0.128. The van der Waals surface area contributed by atoms with E-state index in [0.29, 0.717) is 5.75 Å². The largest absolute Gasteiger partial charge is 0.491 e. The predicted octanol–water partition coefficient (Wildman–Crippen LogP) is 1.43. The zero-order valence-corrected chi connectivity index (χ0v) is 11.9. The van der Waals surface area contributed by atoms with Crippen molar-refractivity contribution >= 4 is 11.9 Å². The topological polar surface area (TPSA) is 82.1 Å². The summed E-state index contributed by atoms with van der Waals surface area (Å²) in [5, 5.41) is 9.94. The Morgan fingerprint density at radius 2 is 1.81 bits per heavy atom. The Morgan fingerprint density at radius 3 is 2.33 bits per heavy atom. The van der Waals surface area contributed by atoms with Crippen LogP contribution < -0.4 is 4.74 Å². The average Bonchev–Trinajstić information content (AvgIpc) is 2.44.